The zero-order valence-corrected chi connectivity index (χ0v) is 16.3. The molecule has 0 aliphatic carbocycles. The predicted octanol–water partition coefficient (Wildman–Crippen LogP) is 3.80. The second-order valence-electron chi connectivity index (χ2n) is 5.58. The number of hydrogen-bond donors (Lipinski definition) is 1. The van der Waals surface area contributed by atoms with Crippen molar-refractivity contribution >= 4 is 35.1 Å². The second-order valence-corrected chi connectivity index (χ2v) is 6.42. The summed E-state index contributed by atoms with van der Waals surface area (Å²) < 4.78 is 15.2. The van der Waals surface area contributed by atoms with Crippen molar-refractivity contribution in [3.63, 3.8) is 0 Å². The van der Waals surface area contributed by atoms with Crippen molar-refractivity contribution in [3.8, 4) is 11.5 Å². The Bertz CT molecular complexity index is 795. The Hall–Kier alpha value is -2.44. The number of carbonyl (C=O) groups is 2. The summed E-state index contributed by atoms with van der Waals surface area (Å²) in [5.74, 6) is 0.0594. The number of methoxy groups -OCH3 is 1. The highest BCUT2D eigenvalue weighted by Crippen LogP contribution is 2.26. The van der Waals surface area contributed by atoms with Crippen LogP contribution in [-0.4, -0.2) is 32.2 Å². The normalized spacial score (nSPS) is 11.4. The summed E-state index contributed by atoms with van der Waals surface area (Å²) in [4.78, 5) is 23.6. The van der Waals surface area contributed by atoms with E-state index in [1.807, 2.05) is 0 Å². The minimum Gasteiger partial charge on any atom is -0.497 e. The molecule has 0 fully saturated rings. The molecule has 2 aromatic carbocycles. The molecule has 0 saturated heterocycles. The van der Waals surface area contributed by atoms with Gasteiger partial charge in [-0.05, 0) is 48.9 Å². The van der Waals surface area contributed by atoms with Crippen LogP contribution in [0.4, 0.5) is 0 Å². The fourth-order valence-corrected chi connectivity index (χ4v) is 2.79. The Morgan fingerprint density at radius 1 is 1.04 bits per heavy atom. The summed E-state index contributed by atoms with van der Waals surface area (Å²) in [5.41, 5.74) is 0.712. The van der Waals surface area contributed by atoms with E-state index < -0.39 is 18.5 Å². The van der Waals surface area contributed by atoms with Crippen LogP contribution in [0.25, 0.3) is 0 Å². The molecule has 1 N–H and O–H groups in total. The minimum atomic E-state index is -0.654. The van der Waals surface area contributed by atoms with Gasteiger partial charge in [0, 0.05) is 10.0 Å². The van der Waals surface area contributed by atoms with E-state index in [-0.39, 0.29) is 12.6 Å². The molecule has 0 heterocycles. The lowest BCUT2D eigenvalue weighted by Gasteiger charge is -2.16. The molecule has 27 heavy (non-hydrogen) atoms. The maximum absolute atomic E-state index is 11.9. The average molecular weight is 412 g/mol. The van der Waals surface area contributed by atoms with Gasteiger partial charge in [-0.15, -0.1) is 0 Å². The zero-order chi connectivity index (χ0) is 19.8. The standard InChI is InChI=1S/C19H19Cl2NO5/c1-12(16-8-3-13(20)9-17(16)21)22-18(23)10-27-19(24)11-26-15-6-4-14(25-2)5-7-15/h3-9,12H,10-11H2,1-2H3,(H,22,23)/t12-/m1/s1. The van der Waals surface area contributed by atoms with Gasteiger partial charge < -0.3 is 19.5 Å². The molecule has 0 radical (unpaired) electrons. The first kappa shape index (κ1) is 20.9. The van der Waals surface area contributed by atoms with Crippen LogP contribution in [0.5, 0.6) is 11.5 Å². The van der Waals surface area contributed by atoms with Crippen molar-refractivity contribution in [3.05, 3.63) is 58.1 Å². The van der Waals surface area contributed by atoms with E-state index in [9.17, 15) is 9.59 Å². The molecule has 8 heteroatoms. The molecule has 144 valence electrons. The van der Waals surface area contributed by atoms with Crippen LogP contribution < -0.4 is 14.8 Å². The van der Waals surface area contributed by atoms with Gasteiger partial charge in [0.2, 0.25) is 0 Å². The first-order chi connectivity index (χ1) is 12.9. The predicted molar refractivity (Wildman–Crippen MR) is 102 cm³/mol. The number of nitrogens with one attached hydrogen (secondary N) is 1. The molecule has 0 saturated carbocycles. The minimum absolute atomic E-state index is 0.307. The van der Waals surface area contributed by atoms with E-state index in [1.165, 1.54) is 0 Å². The van der Waals surface area contributed by atoms with Gasteiger partial charge in [0.05, 0.1) is 13.2 Å². The first-order valence-electron chi connectivity index (χ1n) is 8.06. The smallest absolute Gasteiger partial charge is 0.344 e. The van der Waals surface area contributed by atoms with Crippen molar-refractivity contribution in [1.82, 2.24) is 5.32 Å². The summed E-state index contributed by atoms with van der Waals surface area (Å²) >= 11 is 12.0. The summed E-state index contributed by atoms with van der Waals surface area (Å²) in [7, 11) is 1.56. The fourth-order valence-electron chi connectivity index (χ4n) is 2.22. The van der Waals surface area contributed by atoms with Crippen molar-refractivity contribution in [2.75, 3.05) is 20.3 Å². The molecule has 0 aliphatic rings. The molecular formula is C19H19Cl2NO5. The Morgan fingerprint density at radius 2 is 1.70 bits per heavy atom. The fraction of sp³-hybridized carbons (Fsp3) is 0.263. The quantitative estimate of drug-likeness (QED) is 0.668. The van der Waals surface area contributed by atoms with Crippen LogP contribution in [-0.2, 0) is 14.3 Å². The van der Waals surface area contributed by atoms with Gasteiger partial charge in [0.25, 0.3) is 5.91 Å². The molecule has 1 atom stereocenters. The largest absolute Gasteiger partial charge is 0.497 e. The van der Waals surface area contributed by atoms with Gasteiger partial charge in [0.1, 0.15) is 11.5 Å². The Morgan fingerprint density at radius 3 is 2.33 bits per heavy atom. The SMILES string of the molecule is COc1ccc(OCC(=O)OCC(=O)N[C@H](C)c2ccc(Cl)cc2Cl)cc1. The lowest BCUT2D eigenvalue weighted by molar-refractivity contribution is -0.150. The van der Waals surface area contributed by atoms with E-state index in [1.54, 1.807) is 56.5 Å². The topological polar surface area (TPSA) is 73.9 Å². The van der Waals surface area contributed by atoms with E-state index in [2.05, 4.69) is 5.32 Å². The number of hydrogen-bond acceptors (Lipinski definition) is 5. The van der Waals surface area contributed by atoms with E-state index in [4.69, 9.17) is 37.4 Å². The molecule has 0 aliphatic heterocycles. The molecule has 2 aromatic rings. The van der Waals surface area contributed by atoms with Crippen LogP contribution in [0, 0.1) is 0 Å². The van der Waals surface area contributed by atoms with Crippen LogP contribution in [0.3, 0.4) is 0 Å². The molecule has 0 aromatic heterocycles. The molecule has 2 rings (SSSR count). The van der Waals surface area contributed by atoms with Gasteiger partial charge in [-0.2, -0.15) is 0 Å². The highest BCUT2D eigenvalue weighted by atomic mass is 35.5. The van der Waals surface area contributed by atoms with Crippen molar-refractivity contribution in [2.24, 2.45) is 0 Å². The Balaban J connectivity index is 1.74. The van der Waals surface area contributed by atoms with Crippen molar-refractivity contribution in [2.45, 2.75) is 13.0 Å². The van der Waals surface area contributed by atoms with Gasteiger partial charge in [-0.25, -0.2) is 4.79 Å². The zero-order valence-electron chi connectivity index (χ0n) is 14.8. The number of esters is 1. The summed E-state index contributed by atoms with van der Waals surface area (Å²) in [6.45, 7) is 1.04. The monoisotopic (exact) mass is 411 g/mol. The number of amides is 1. The maximum Gasteiger partial charge on any atom is 0.344 e. The summed E-state index contributed by atoms with van der Waals surface area (Å²) in [5, 5.41) is 3.65. The van der Waals surface area contributed by atoms with E-state index in [0.29, 0.717) is 27.1 Å². The lowest BCUT2D eigenvalue weighted by atomic mass is 10.1. The van der Waals surface area contributed by atoms with Crippen LogP contribution in [0.15, 0.2) is 42.5 Å². The second kappa shape index (κ2) is 10.0. The Labute approximate surface area is 167 Å². The van der Waals surface area contributed by atoms with Crippen LogP contribution in [0.1, 0.15) is 18.5 Å². The van der Waals surface area contributed by atoms with Crippen molar-refractivity contribution in [1.29, 1.82) is 0 Å². The van der Waals surface area contributed by atoms with E-state index >= 15 is 0 Å². The number of carbonyl (C=O) groups excluding carboxylic acids is 2. The summed E-state index contributed by atoms with van der Waals surface area (Å²) in [6.07, 6.45) is 0. The molecular weight excluding hydrogens is 393 g/mol. The Kier molecular flexibility index (Phi) is 7.76. The average Bonchev–Trinajstić information content (AvgIpc) is 2.65. The third kappa shape index (κ3) is 6.66. The van der Waals surface area contributed by atoms with Gasteiger partial charge >= 0.3 is 5.97 Å². The molecule has 0 bridgehead atoms. The third-order valence-electron chi connectivity index (χ3n) is 3.59. The molecule has 6 nitrogen and oxygen atoms in total. The number of rotatable bonds is 8. The highest BCUT2D eigenvalue weighted by molar-refractivity contribution is 6.35. The van der Waals surface area contributed by atoms with Gasteiger partial charge in [0.15, 0.2) is 13.2 Å². The first-order valence-corrected chi connectivity index (χ1v) is 8.81. The number of halogens is 2. The number of ether oxygens (including phenoxy) is 3. The van der Waals surface area contributed by atoms with Crippen LogP contribution >= 0.6 is 23.2 Å². The highest BCUT2D eigenvalue weighted by Gasteiger charge is 2.14. The van der Waals surface area contributed by atoms with Crippen LogP contribution in [0.2, 0.25) is 10.0 Å². The summed E-state index contributed by atoms with van der Waals surface area (Å²) in [6, 6.07) is 11.4. The molecule has 0 spiro atoms. The third-order valence-corrected chi connectivity index (χ3v) is 4.15. The molecule has 1 amide bonds. The van der Waals surface area contributed by atoms with Gasteiger partial charge in [-0.1, -0.05) is 29.3 Å². The molecule has 0 unspecified atom stereocenters. The van der Waals surface area contributed by atoms with Gasteiger partial charge in [-0.3, -0.25) is 4.79 Å². The lowest BCUT2D eigenvalue weighted by Crippen LogP contribution is -2.32. The maximum atomic E-state index is 11.9. The van der Waals surface area contributed by atoms with E-state index in [0.717, 1.165) is 0 Å². The van der Waals surface area contributed by atoms with Crippen molar-refractivity contribution < 1.29 is 23.8 Å². The number of benzene rings is 2.